The highest BCUT2D eigenvalue weighted by Crippen LogP contribution is 2.17. The maximum absolute atomic E-state index is 3.93. The molecule has 0 saturated carbocycles. The Morgan fingerprint density at radius 1 is 1.62 bits per heavy atom. The van der Waals surface area contributed by atoms with Crippen molar-refractivity contribution in [1.82, 2.24) is 20.4 Å². The summed E-state index contributed by atoms with van der Waals surface area (Å²) in [7, 11) is 0. The van der Waals surface area contributed by atoms with Gasteiger partial charge in [0.05, 0.1) is 0 Å². The van der Waals surface area contributed by atoms with Gasteiger partial charge >= 0.3 is 0 Å². The number of hydrogen-bond acceptors (Lipinski definition) is 3. The van der Waals surface area contributed by atoms with Gasteiger partial charge in [-0.3, -0.25) is 5.10 Å². The Bertz CT molecular complexity index is 294. The first kappa shape index (κ1) is 11.6. The highest BCUT2D eigenvalue weighted by Gasteiger charge is 2.23. The van der Waals surface area contributed by atoms with Gasteiger partial charge < -0.3 is 10.2 Å². The molecule has 2 N–H and O–H groups in total. The Morgan fingerprint density at radius 3 is 3.12 bits per heavy atom. The molecule has 1 fully saturated rings. The fourth-order valence-corrected chi connectivity index (χ4v) is 2.29. The van der Waals surface area contributed by atoms with E-state index < -0.39 is 0 Å². The highest BCUT2D eigenvalue weighted by molar-refractivity contribution is 4.96. The molecule has 0 aliphatic carbocycles. The molecule has 1 atom stereocenters. The zero-order chi connectivity index (χ0) is 11.4. The molecule has 0 radical (unpaired) electrons. The van der Waals surface area contributed by atoms with Gasteiger partial charge in [0.2, 0.25) is 0 Å². The number of rotatable bonds is 5. The molecule has 1 aliphatic heterocycles. The molecule has 1 unspecified atom stereocenters. The molecular formula is C12H22N4. The van der Waals surface area contributed by atoms with Crippen molar-refractivity contribution >= 4 is 0 Å². The fraction of sp³-hybridized carbons (Fsp3) is 0.750. The van der Waals surface area contributed by atoms with Gasteiger partial charge in [-0.25, -0.2) is 0 Å². The van der Waals surface area contributed by atoms with Crippen molar-refractivity contribution in [3.63, 3.8) is 0 Å². The smallest absolute Gasteiger partial charge is 0.0490 e. The molecule has 2 heterocycles. The molecular weight excluding hydrogens is 200 g/mol. The van der Waals surface area contributed by atoms with Crippen LogP contribution in [0.1, 0.15) is 26.0 Å². The average molecular weight is 222 g/mol. The van der Waals surface area contributed by atoms with Crippen LogP contribution in [-0.2, 0) is 6.54 Å². The largest absolute Gasteiger partial charge is 0.311 e. The summed E-state index contributed by atoms with van der Waals surface area (Å²) < 4.78 is 0. The average Bonchev–Trinajstić information content (AvgIpc) is 2.87. The molecule has 2 rings (SSSR count). The summed E-state index contributed by atoms with van der Waals surface area (Å²) in [6, 6.07) is 2.71. The number of nitrogens with zero attached hydrogens (tertiary/aromatic N) is 2. The van der Waals surface area contributed by atoms with E-state index in [4.69, 9.17) is 0 Å². The minimum Gasteiger partial charge on any atom is -0.311 e. The van der Waals surface area contributed by atoms with Crippen molar-refractivity contribution in [2.75, 3.05) is 19.6 Å². The van der Waals surface area contributed by atoms with Gasteiger partial charge in [-0.15, -0.1) is 0 Å². The van der Waals surface area contributed by atoms with Gasteiger partial charge in [0.15, 0.2) is 0 Å². The van der Waals surface area contributed by atoms with E-state index in [1.807, 2.05) is 6.07 Å². The van der Waals surface area contributed by atoms with Gasteiger partial charge in [0.25, 0.3) is 0 Å². The Hall–Kier alpha value is -0.870. The topological polar surface area (TPSA) is 44.0 Å². The standard InChI is InChI=1S/C12H22N4/c1-10(2)16-6-4-11(9-16)7-13-8-12-3-5-14-15-12/h3,5,10-11,13H,4,6-9H2,1-2H3,(H,14,15). The molecule has 4 heteroatoms. The lowest BCUT2D eigenvalue weighted by atomic mass is 10.1. The molecule has 1 aliphatic rings. The summed E-state index contributed by atoms with van der Waals surface area (Å²) in [5, 5.41) is 10.4. The van der Waals surface area contributed by atoms with Crippen molar-refractivity contribution in [3.05, 3.63) is 18.0 Å². The summed E-state index contributed by atoms with van der Waals surface area (Å²) in [4.78, 5) is 2.56. The number of H-pyrrole nitrogens is 1. The number of likely N-dealkylation sites (tertiary alicyclic amines) is 1. The van der Waals surface area contributed by atoms with Crippen molar-refractivity contribution in [2.24, 2.45) is 5.92 Å². The van der Waals surface area contributed by atoms with Crippen LogP contribution in [0.15, 0.2) is 12.3 Å². The van der Waals surface area contributed by atoms with Crippen LogP contribution < -0.4 is 5.32 Å². The lowest BCUT2D eigenvalue weighted by Gasteiger charge is -2.20. The second kappa shape index (κ2) is 5.46. The maximum Gasteiger partial charge on any atom is 0.0490 e. The Labute approximate surface area is 97.4 Å². The fourth-order valence-electron chi connectivity index (χ4n) is 2.29. The third-order valence-corrected chi connectivity index (χ3v) is 3.35. The minimum absolute atomic E-state index is 0.692. The molecule has 0 amide bonds. The van der Waals surface area contributed by atoms with Crippen molar-refractivity contribution in [2.45, 2.75) is 32.9 Å². The summed E-state index contributed by atoms with van der Waals surface area (Å²) in [6.07, 6.45) is 3.13. The lowest BCUT2D eigenvalue weighted by molar-refractivity contribution is 0.264. The summed E-state index contributed by atoms with van der Waals surface area (Å²) in [5.74, 6) is 0.810. The van der Waals surface area contributed by atoms with Crippen LogP contribution in [0.4, 0.5) is 0 Å². The van der Waals surface area contributed by atoms with Crippen LogP contribution >= 0.6 is 0 Å². The Balaban J connectivity index is 1.64. The predicted octanol–water partition coefficient (Wildman–Crippen LogP) is 1.23. The van der Waals surface area contributed by atoms with E-state index in [9.17, 15) is 0 Å². The highest BCUT2D eigenvalue weighted by atomic mass is 15.2. The summed E-state index contributed by atoms with van der Waals surface area (Å²) in [6.45, 7) is 9.07. The minimum atomic E-state index is 0.692. The van der Waals surface area contributed by atoms with Crippen LogP contribution in [0.3, 0.4) is 0 Å². The van der Waals surface area contributed by atoms with Crippen molar-refractivity contribution < 1.29 is 0 Å². The molecule has 0 aromatic carbocycles. The monoisotopic (exact) mass is 222 g/mol. The predicted molar refractivity (Wildman–Crippen MR) is 65.1 cm³/mol. The van der Waals surface area contributed by atoms with Gasteiger partial charge in [0, 0.05) is 31.0 Å². The van der Waals surface area contributed by atoms with Gasteiger partial charge in [-0.1, -0.05) is 0 Å². The molecule has 1 aromatic heterocycles. The van der Waals surface area contributed by atoms with E-state index in [0.29, 0.717) is 6.04 Å². The molecule has 0 spiro atoms. The third-order valence-electron chi connectivity index (χ3n) is 3.35. The van der Waals surface area contributed by atoms with Crippen LogP contribution in [0.2, 0.25) is 0 Å². The number of aromatic amines is 1. The van der Waals surface area contributed by atoms with Crippen LogP contribution in [0.25, 0.3) is 0 Å². The van der Waals surface area contributed by atoms with E-state index in [2.05, 4.69) is 34.3 Å². The van der Waals surface area contributed by atoms with E-state index in [1.165, 1.54) is 25.2 Å². The second-order valence-corrected chi connectivity index (χ2v) is 4.96. The number of hydrogen-bond donors (Lipinski definition) is 2. The summed E-state index contributed by atoms with van der Waals surface area (Å²) in [5.41, 5.74) is 1.17. The second-order valence-electron chi connectivity index (χ2n) is 4.96. The first-order valence-electron chi connectivity index (χ1n) is 6.18. The van der Waals surface area contributed by atoms with Crippen molar-refractivity contribution in [1.29, 1.82) is 0 Å². The van der Waals surface area contributed by atoms with E-state index in [1.54, 1.807) is 6.20 Å². The van der Waals surface area contributed by atoms with Crippen LogP contribution in [-0.4, -0.2) is 40.8 Å². The molecule has 16 heavy (non-hydrogen) atoms. The van der Waals surface area contributed by atoms with E-state index >= 15 is 0 Å². The summed E-state index contributed by atoms with van der Waals surface area (Å²) >= 11 is 0. The lowest BCUT2D eigenvalue weighted by Crippen LogP contribution is -2.30. The first-order chi connectivity index (χ1) is 7.75. The number of nitrogens with one attached hydrogen (secondary N) is 2. The van der Waals surface area contributed by atoms with Crippen LogP contribution in [0, 0.1) is 5.92 Å². The maximum atomic E-state index is 3.93. The normalized spacial score (nSPS) is 22.1. The molecule has 90 valence electrons. The van der Waals surface area contributed by atoms with Gasteiger partial charge in [-0.05, 0) is 45.3 Å². The zero-order valence-corrected chi connectivity index (χ0v) is 10.2. The van der Waals surface area contributed by atoms with E-state index in [-0.39, 0.29) is 0 Å². The zero-order valence-electron chi connectivity index (χ0n) is 10.2. The van der Waals surface area contributed by atoms with E-state index in [0.717, 1.165) is 19.0 Å². The van der Waals surface area contributed by atoms with Crippen molar-refractivity contribution in [3.8, 4) is 0 Å². The van der Waals surface area contributed by atoms with Gasteiger partial charge in [0.1, 0.15) is 0 Å². The molecule has 1 saturated heterocycles. The molecule has 0 bridgehead atoms. The SMILES string of the molecule is CC(C)N1CCC(CNCc2ccn[nH]2)C1. The first-order valence-corrected chi connectivity index (χ1v) is 6.18. The van der Waals surface area contributed by atoms with Crippen LogP contribution in [0.5, 0.6) is 0 Å². The molecule has 1 aromatic rings. The third kappa shape index (κ3) is 3.06. The Morgan fingerprint density at radius 2 is 2.50 bits per heavy atom. The number of aromatic nitrogens is 2. The molecule has 4 nitrogen and oxygen atoms in total. The Kier molecular flexibility index (Phi) is 3.96. The van der Waals surface area contributed by atoms with Gasteiger partial charge in [-0.2, -0.15) is 5.10 Å². The quantitative estimate of drug-likeness (QED) is 0.787.